The number of hydrogen-bond acceptors (Lipinski definition) is 10. The Labute approximate surface area is 346 Å². The highest BCUT2D eigenvalue weighted by Gasteiger charge is 2.44. The minimum absolute atomic E-state index is 0.220. The Morgan fingerprint density at radius 1 is 0.544 bits per heavy atom. The van der Waals surface area contributed by atoms with Gasteiger partial charge in [-0.05, 0) is 70.6 Å². The van der Waals surface area contributed by atoms with Gasteiger partial charge in [-0.25, -0.2) is 0 Å². The predicted octanol–water partition coefficient (Wildman–Crippen LogP) is 9.89. The molecule has 0 bridgehead atoms. The molecule has 10 nitrogen and oxygen atoms in total. The average Bonchev–Trinajstić information content (AvgIpc) is 3.21. The van der Waals surface area contributed by atoms with Crippen LogP contribution < -0.4 is 0 Å². The predicted molar refractivity (Wildman–Crippen MR) is 229 cm³/mol. The number of allylic oxidation sites excluding steroid dienone is 6. The first kappa shape index (κ1) is 52.9. The first-order valence-electron chi connectivity index (χ1n) is 23.1. The second-order valence-electron chi connectivity index (χ2n) is 15.8. The van der Waals surface area contributed by atoms with Crippen LogP contribution in [-0.2, 0) is 28.5 Å². The van der Waals surface area contributed by atoms with Crippen molar-refractivity contribution in [3.05, 3.63) is 36.5 Å². The van der Waals surface area contributed by atoms with Gasteiger partial charge in [-0.2, -0.15) is 0 Å². The maximum absolute atomic E-state index is 12.8. The topological polar surface area (TPSA) is 152 Å². The molecule has 0 amide bonds. The van der Waals surface area contributed by atoms with Crippen molar-refractivity contribution >= 4 is 11.9 Å². The fourth-order valence-electron chi connectivity index (χ4n) is 6.80. The Morgan fingerprint density at radius 3 is 1.49 bits per heavy atom. The summed E-state index contributed by atoms with van der Waals surface area (Å²) in [5, 5.41) is 40.1. The summed E-state index contributed by atoms with van der Waals surface area (Å²) in [5.41, 5.74) is 0. The Balaban J connectivity index is 2.33. The van der Waals surface area contributed by atoms with Crippen LogP contribution in [0.3, 0.4) is 0 Å². The van der Waals surface area contributed by atoms with Gasteiger partial charge >= 0.3 is 11.9 Å². The molecule has 4 N–H and O–H groups in total. The number of aliphatic hydroxyl groups is 4. The molecule has 0 aromatic carbocycles. The van der Waals surface area contributed by atoms with Crippen molar-refractivity contribution in [2.45, 2.75) is 230 Å². The van der Waals surface area contributed by atoms with Crippen molar-refractivity contribution in [1.29, 1.82) is 0 Å². The minimum atomic E-state index is -1.60. The summed E-state index contributed by atoms with van der Waals surface area (Å²) in [6.45, 7) is 3.38. The van der Waals surface area contributed by atoms with Gasteiger partial charge in [0.2, 0.25) is 0 Å². The number of unbranched alkanes of at least 4 members (excludes halogenated alkanes) is 21. The van der Waals surface area contributed by atoms with Crippen LogP contribution in [0.1, 0.15) is 194 Å². The third-order valence-electron chi connectivity index (χ3n) is 10.5. The van der Waals surface area contributed by atoms with Gasteiger partial charge in [0.05, 0.1) is 13.2 Å². The molecule has 0 radical (unpaired) electrons. The first-order valence-corrected chi connectivity index (χ1v) is 23.1. The number of esters is 2. The lowest BCUT2D eigenvalue weighted by Crippen LogP contribution is -2.59. The molecule has 1 fully saturated rings. The molecule has 1 aliphatic rings. The average molecular weight is 809 g/mol. The molecule has 0 spiro atoms. The van der Waals surface area contributed by atoms with Gasteiger partial charge < -0.3 is 39.4 Å². The minimum Gasteiger partial charge on any atom is -0.462 e. The standard InChI is InChI=1S/C47H84O10/c1-3-5-7-9-11-13-15-17-19-20-21-22-24-26-28-30-32-34-36-43(50)56-40(39-55-47-46(53)45(52)44(51)41(37-48)57-47)38-54-42(49)35-33-31-29-27-25-23-18-16-14-12-10-8-6-4-2/h13,15-16,18-20,40-41,44-48,51-53H,3-12,14,17,21-39H2,1-2H3/b15-13-,18-16-,20-19-. The Kier molecular flexibility index (Phi) is 35.4. The lowest BCUT2D eigenvalue weighted by Gasteiger charge is -2.39. The van der Waals surface area contributed by atoms with E-state index in [1.54, 1.807) is 0 Å². The summed E-state index contributed by atoms with van der Waals surface area (Å²) >= 11 is 0. The molecule has 1 saturated heterocycles. The SMILES string of the molecule is CCCCCC/C=C\C/C=C\CCCCCCCCCC(=O)OC(COC(=O)CCCCCCC/C=C\CCCCCCC)COC1OC(CO)C(O)C(O)C1O. The third kappa shape index (κ3) is 29.7. The summed E-state index contributed by atoms with van der Waals surface area (Å²) in [6.07, 6.45) is 35.7. The van der Waals surface area contributed by atoms with E-state index in [9.17, 15) is 30.0 Å². The van der Waals surface area contributed by atoms with Gasteiger partial charge in [-0.3, -0.25) is 9.59 Å². The summed E-state index contributed by atoms with van der Waals surface area (Å²) < 4.78 is 22.2. The van der Waals surface area contributed by atoms with Crippen molar-refractivity contribution in [2.75, 3.05) is 19.8 Å². The Hall–Kier alpha value is -2.08. The molecule has 0 aliphatic carbocycles. The van der Waals surface area contributed by atoms with Crippen LogP contribution in [0.5, 0.6) is 0 Å². The summed E-state index contributed by atoms with van der Waals surface area (Å²) in [4.78, 5) is 25.3. The number of aliphatic hydroxyl groups excluding tert-OH is 4. The molecule has 1 heterocycles. The van der Waals surface area contributed by atoms with Gasteiger partial charge in [0.15, 0.2) is 12.4 Å². The van der Waals surface area contributed by atoms with E-state index in [1.807, 2.05) is 0 Å². The smallest absolute Gasteiger partial charge is 0.306 e. The molecular formula is C47H84O10. The second kappa shape index (κ2) is 38.1. The van der Waals surface area contributed by atoms with E-state index in [2.05, 4.69) is 50.3 Å². The van der Waals surface area contributed by atoms with E-state index in [0.717, 1.165) is 64.2 Å². The second-order valence-corrected chi connectivity index (χ2v) is 15.8. The lowest BCUT2D eigenvalue weighted by atomic mass is 9.99. The van der Waals surface area contributed by atoms with Crippen LogP contribution in [-0.4, -0.2) is 89.0 Å². The maximum Gasteiger partial charge on any atom is 0.306 e. The molecule has 0 saturated carbocycles. The van der Waals surface area contributed by atoms with Gasteiger partial charge in [0.1, 0.15) is 31.0 Å². The first-order chi connectivity index (χ1) is 27.8. The van der Waals surface area contributed by atoms with Gasteiger partial charge in [0, 0.05) is 12.8 Å². The molecule has 332 valence electrons. The molecular weight excluding hydrogens is 725 g/mol. The number of ether oxygens (including phenoxy) is 4. The van der Waals surface area contributed by atoms with Crippen molar-refractivity contribution in [1.82, 2.24) is 0 Å². The van der Waals surface area contributed by atoms with Gasteiger partial charge in [0.25, 0.3) is 0 Å². The number of carbonyl (C=O) groups excluding carboxylic acids is 2. The molecule has 0 aromatic heterocycles. The van der Waals surface area contributed by atoms with E-state index in [-0.39, 0.29) is 32.0 Å². The zero-order valence-electron chi connectivity index (χ0n) is 36.1. The monoisotopic (exact) mass is 809 g/mol. The van der Waals surface area contributed by atoms with Crippen LogP contribution >= 0.6 is 0 Å². The fourth-order valence-corrected chi connectivity index (χ4v) is 6.80. The summed E-state index contributed by atoms with van der Waals surface area (Å²) in [6, 6.07) is 0. The van der Waals surface area contributed by atoms with Crippen molar-refractivity contribution in [2.24, 2.45) is 0 Å². The third-order valence-corrected chi connectivity index (χ3v) is 10.5. The maximum atomic E-state index is 12.8. The Bertz CT molecular complexity index is 1030. The van der Waals surface area contributed by atoms with Crippen molar-refractivity contribution < 1.29 is 49.0 Å². The van der Waals surface area contributed by atoms with Crippen LogP contribution in [0.4, 0.5) is 0 Å². The zero-order chi connectivity index (χ0) is 41.6. The lowest BCUT2D eigenvalue weighted by molar-refractivity contribution is -0.305. The van der Waals surface area contributed by atoms with Gasteiger partial charge in [-0.1, -0.05) is 147 Å². The highest BCUT2D eigenvalue weighted by molar-refractivity contribution is 5.70. The molecule has 6 unspecified atom stereocenters. The largest absolute Gasteiger partial charge is 0.462 e. The number of rotatable bonds is 38. The molecule has 1 aliphatic heterocycles. The zero-order valence-corrected chi connectivity index (χ0v) is 36.1. The van der Waals surface area contributed by atoms with Crippen LogP contribution in [0.2, 0.25) is 0 Å². The van der Waals surface area contributed by atoms with Gasteiger partial charge in [-0.15, -0.1) is 0 Å². The van der Waals surface area contributed by atoms with Crippen LogP contribution in [0.15, 0.2) is 36.5 Å². The van der Waals surface area contributed by atoms with E-state index < -0.39 is 49.4 Å². The highest BCUT2D eigenvalue weighted by Crippen LogP contribution is 2.22. The molecule has 57 heavy (non-hydrogen) atoms. The summed E-state index contributed by atoms with van der Waals surface area (Å²) in [7, 11) is 0. The van der Waals surface area contributed by atoms with Crippen LogP contribution in [0.25, 0.3) is 0 Å². The van der Waals surface area contributed by atoms with Crippen LogP contribution in [0, 0.1) is 0 Å². The normalized spacial score (nSPS) is 20.6. The fraction of sp³-hybridized carbons (Fsp3) is 0.830. The quantitative estimate of drug-likeness (QED) is 0.0270. The van der Waals surface area contributed by atoms with Crippen molar-refractivity contribution in [3.8, 4) is 0 Å². The molecule has 10 heteroatoms. The van der Waals surface area contributed by atoms with E-state index >= 15 is 0 Å². The molecule has 6 atom stereocenters. The highest BCUT2D eigenvalue weighted by atomic mass is 16.7. The molecule has 1 rings (SSSR count). The number of carbonyl (C=O) groups is 2. The van der Waals surface area contributed by atoms with Crippen molar-refractivity contribution in [3.63, 3.8) is 0 Å². The van der Waals surface area contributed by atoms with E-state index in [4.69, 9.17) is 18.9 Å². The van der Waals surface area contributed by atoms with E-state index in [1.165, 1.54) is 89.9 Å². The summed E-state index contributed by atoms with van der Waals surface area (Å²) in [5.74, 6) is -0.823. The molecule has 0 aromatic rings. The number of hydrogen-bond donors (Lipinski definition) is 4. The Morgan fingerprint density at radius 2 is 0.982 bits per heavy atom. The van der Waals surface area contributed by atoms with E-state index in [0.29, 0.717) is 12.8 Å².